The Bertz CT molecular complexity index is 555. The van der Waals surface area contributed by atoms with E-state index in [1.54, 1.807) is 30.1 Å². The number of nitrogens with zero attached hydrogens (tertiary/aromatic N) is 2. The molecular formula is C12H14N2O. The minimum atomic E-state index is 0.0387. The summed E-state index contributed by atoms with van der Waals surface area (Å²) in [5, 5.41) is 1.72. The Morgan fingerprint density at radius 3 is 2.73 bits per heavy atom. The number of hydrogen-bond acceptors (Lipinski definition) is 2. The Kier molecular flexibility index (Phi) is 2.31. The van der Waals surface area contributed by atoms with E-state index in [0.717, 1.165) is 10.8 Å². The number of pyridine rings is 2. The van der Waals surface area contributed by atoms with Crippen LogP contribution < -0.4 is 5.56 Å². The van der Waals surface area contributed by atoms with Crippen molar-refractivity contribution >= 4 is 10.8 Å². The van der Waals surface area contributed by atoms with Crippen LogP contribution in [0.4, 0.5) is 0 Å². The van der Waals surface area contributed by atoms with Gasteiger partial charge >= 0.3 is 0 Å². The lowest BCUT2D eigenvalue weighted by molar-refractivity contribution is 0.809. The predicted molar refractivity (Wildman–Crippen MR) is 61.1 cm³/mol. The van der Waals surface area contributed by atoms with Crippen molar-refractivity contribution in [2.75, 3.05) is 0 Å². The molecule has 2 aromatic rings. The first-order chi connectivity index (χ1) is 7.11. The molecule has 0 radical (unpaired) electrons. The zero-order valence-corrected chi connectivity index (χ0v) is 9.19. The van der Waals surface area contributed by atoms with E-state index in [9.17, 15) is 4.79 Å². The van der Waals surface area contributed by atoms with Crippen LogP contribution in [0.3, 0.4) is 0 Å². The summed E-state index contributed by atoms with van der Waals surface area (Å²) < 4.78 is 1.64. The molecule has 0 N–H and O–H groups in total. The second kappa shape index (κ2) is 3.50. The average molecular weight is 202 g/mol. The molecule has 0 aliphatic carbocycles. The molecule has 15 heavy (non-hydrogen) atoms. The van der Waals surface area contributed by atoms with Gasteiger partial charge in [-0.1, -0.05) is 13.8 Å². The molecule has 0 saturated heterocycles. The summed E-state index contributed by atoms with van der Waals surface area (Å²) >= 11 is 0. The summed E-state index contributed by atoms with van der Waals surface area (Å²) in [6, 6.07) is 1.78. The van der Waals surface area contributed by atoms with Crippen LogP contribution in [-0.2, 0) is 7.05 Å². The van der Waals surface area contributed by atoms with Crippen LogP contribution in [0.1, 0.15) is 25.3 Å². The van der Waals surface area contributed by atoms with Gasteiger partial charge in [-0.25, -0.2) is 0 Å². The Balaban J connectivity index is 2.95. The van der Waals surface area contributed by atoms with Crippen LogP contribution in [0.15, 0.2) is 29.5 Å². The van der Waals surface area contributed by atoms with Crippen molar-refractivity contribution in [3.63, 3.8) is 0 Å². The predicted octanol–water partition coefficient (Wildman–Crippen LogP) is 2.06. The van der Waals surface area contributed by atoms with Crippen molar-refractivity contribution in [2.45, 2.75) is 19.8 Å². The Morgan fingerprint density at radius 2 is 2.07 bits per heavy atom. The highest BCUT2D eigenvalue weighted by atomic mass is 16.1. The van der Waals surface area contributed by atoms with Crippen LogP contribution in [0.2, 0.25) is 0 Å². The van der Waals surface area contributed by atoms with Crippen molar-refractivity contribution in [3.05, 3.63) is 40.6 Å². The van der Waals surface area contributed by atoms with Gasteiger partial charge in [0.05, 0.1) is 5.39 Å². The zero-order valence-electron chi connectivity index (χ0n) is 9.19. The largest absolute Gasteiger partial charge is 0.318 e. The van der Waals surface area contributed by atoms with E-state index in [-0.39, 0.29) is 5.56 Å². The molecule has 78 valence electrons. The summed E-state index contributed by atoms with van der Waals surface area (Å²) in [4.78, 5) is 15.9. The van der Waals surface area contributed by atoms with Crippen LogP contribution in [0, 0.1) is 0 Å². The van der Waals surface area contributed by atoms with E-state index in [1.165, 1.54) is 5.56 Å². The first-order valence-corrected chi connectivity index (χ1v) is 5.04. The summed E-state index contributed by atoms with van der Waals surface area (Å²) in [7, 11) is 1.79. The molecule has 2 rings (SSSR count). The minimum Gasteiger partial charge on any atom is -0.318 e. The van der Waals surface area contributed by atoms with Crippen LogP contribution in [0.25, 0.3) is 10.8 Å². The molecule has 0 amide bonds. The quantitative estimate of drug-likeness (QED) is 0.709. The molecule has 3 nitrogen and oxygen atoms in total. The third-order valence-electron chi connectivity index (χ3n) is 2.64. The first kappa shape index (κ1) is 9.90. The van der Waals surface area contributed by atoms with Gasteiger partial charge in [-0.05, 0) is 17.5 Å². The second-order valence-corrected chi connectivity index (χ2v) is 4.08. The molecule has 0 aliphatic rings. The Labute approximate surface area is 88.4 Å². The standard InChI is InChI=1S/C12H14N2O/c1-8(2)11-7-14(3)12(15)9-4-5-13-6-10(9)11/h4-8H,1-3H3. The lowest BCUT2D eigenvalue weighted by Gasteiger charge is -2.11. The van der Waals surface area contributed by atoms with Crippen molar-refractivity contribution in [1.82, 2.24) is 9.55 Å². The highest BCUT2D eigenvalue weighted by Gasteiger charge is 2.09. The fraction of sp³-hybridized carbons (Fsp3) is 0.333. The smallest absolute Gasteiger partial charge is 0.258 e. The van der Waals surface area contributed by atoms with Gasteiger partial charge in [0.1, 0.15) is 0 Å². The molecule has 0 aromatic carbocycles. The third-order valence-corrected chi connectivity index (χ3v) is 2.64. The average Bonchev–Trinajstić information content (AvgIpc) is 2.23. The highest BCUT2D eigenvalue weighted by Crippen LogP contribution is 2.21. The van der Waals surface area contributed by atoms with Gasteiger partial charge in [-0.3, -0.25) is 9.78 Å². The van der Waals surface area contributed by atoms with Gasteiger partial charge < -0.3 is 4.57 Å². The van der Waals surface area contributed by atoms with Crippen LogP contribution >= 0.6 is 0 Å². The summed E-state index contributed by atoms with van der Waals surface area (Å²) in [5.74, 6) is 0.392. The number of aryl methyl sites for hydroxylation is 1. The fourth-order valence-electron chi connectivity index (χ4n) is 1.80. The monoisotopic (exact) mass is 202 g/mol. The number of aromatic nitrogens is 2. The molecule has 0 spiro atoms. The summed E-state index contributed by atoms with van der Waals surface area (Å²) in [5.41, 5.74) is 1.21. The molecule has 0 fully saturated rings. The topological polar surface area (TPSA) is 34.9 Å². The molecule has 3 heteroatoms. The summed E-state index contributed by atoms with van der Waals surface area (Å²) in [6.07, 6.45) is 5.33. The van der Waals surface area contributed by atoms with Gasteiger partial charge in [0.15, 0.2) is 0 Å². The highest BCUT2D eigenvalue weighted by molar-refractivity contribution is 5.84. The Hall–Kier alpha value is -1.64. The number of rotatable bonds is 1. The van der Waals surface area contributed by atoms with E-state index in [1.807, 2.05) is 6.20 Å². The molecule has 0 saturated carbocycles. The van der Waals surface area contributed by atoms with Gasteiger partial charge in [0.2, 0.25) is 0 Å². The van der Waals surface area contributed by atoms with Gasteiger partial charge in [0, 0.05) is 31.0 Å². The van der Waals surface area contributed by atoms with Crippen LogP contribution in [-0.4, -0.2) is 9.55 Å². The number of hydrogen-bond donors (Lipinski definition) is 0. The normalized spacial score (nSPS) is 11.2. The molecule has 0 aliphatic heterocycles. The fourth-order valence-corrected chi connectivity index (χ4v) is 1.80. The number of fused-ring (bicyclic) bond motifs is 1. The van der Waals surface area contributed by atoms with Gasteiger partial charge in [0.25, 0.3) is 5.56 Å². The lowest BCUT2D eigenvalue weighted by Crippen LogP contribution is -2.17. The van der Waals surface area contributed by atoms with E-state index < -0.39 is 0 Å². The van der Waals surface area contributed by atoms with E-state index in [0.29, 0.717) is 5.92 Å². The summed E-state index contributed by atoms with van der Waals surface area (Å²) in [6.45, 7) is 4.23. The molecule has 0 atom stereocenters. The maximum atomic E-state index is 11.8. The van der Waals surface area contributed by atoms with Gasteiger partial charge in [-0.2, -0.15) is 0 Å². The minimum absolute atomic E-state index is 0.0387. The van der Waals surface area contributed by atoms with Crippen molar-refractivity contribution in [2.24, 2.45) is 7.05 Å². The van der Waals surface area contributed by atoms with E-state index in [4.69, 9.17) is 0 Å². The maximum absolute atomic E-state index is 11.8. The van der Waals surface area contributed by atoms with E-state index in [2.05, 4.69) is 18.8 Å². The zero-order chi connectivity index (χ0) is 11.0. The van der Waals surface area contributed by atoms with Crippen LogP contribution in [0.5, 0.6) is 0 Å². The molecule has 0 bridgehead atoms. The maximum Gasteiger partial charge on any atom is 0.258 e. The molecule has 0 unspecified atom stereocenters. The Morgan fingerprint density at radius 1 is 1.33 bits per heavy atom. The first-order valence-electron chi connectivity index (χ1n) is 5.04. The van der Waals surface area contributed by atoms with Crippen molar-refractivity contribution in [3.8, 4) is 0 Å². The SMILES string of the molecule is CC(C)c1cn(C)c(=O)c2ccncc12. The third kappa shape index (κ3) is 1.54. The molecule has 2 heterocycles. The van der Waals surface area contributed by atoms with E-state index >= 15 is 0 Å². The van der Waals surface area contributed by atoms with Crippen molar-refractivity contribution < 1.29 is 0 Å². The second-order valence-electron chi connectivity index (χ2n) is 4.08. The van der Waals surface area contributed by atoms with Crippen molar-refractivity contribution in [1.29, 1.82) is 0 Å². The molecule has 2 aromatic heterocycles. The van der Waals surface area contributed by atoms with Gasteiger partial charge in [-0.15, -0.1) is 0 Å². The molecular weight excluding hydrogens is 188 g/mol. The lowest BCUT2D eigenvalue weighted by atomic mass is 10.00.